The maximum atomic E-state index is 10.9. The van der Waals surface area contributed by atoms with Gasteiger partial charge in [0.15, 0.2) is 0 Å². The molecule has 0 atom stereocenters. The Labute approximate surface area is 105 Å². The summed E-state index contributed by atoms with van der Waals surface area (Å²) in [7, 11) is 1.84. The largest absolute Gasteiger partial charge is 0.365 e. The summed E-state index contributed by atoms with van der Waals surface area (Å²) in [5.74, 6) is 0. The maximum Gasteiger partial charge on any atom is 0.292 e. The number of aromatic nitrogens is 1. The van der Waals surface area contributed by atoms with Crippen LogP contribution >= 0.6 is 0 Å². The highest BCUT2D eigenvalue weighted by molar-refractivity contribution is 5.62. The molecule has 0 amide bonds. The number of benzene rings is 1. The second-order valence-corrected chi connectivity index (χ2v) is 3.96. The number of nitro groups is 1. The summed E-state index contributed by atoms with van der Waals surface area (Å²) in [6.45, 7) is 0.605. The maximum absolute atomic E-state index is 10.9. The smallest absolute Gasteiger partial charge is 0.292 e. The SMILES string of the molecule is CN(Cc1ccncc1)c1ccccc1[N+](=O)[O-]. The molecule has 2 rings (SSSR count). The Morgan fingerprint density at radius 3 is 2.56 bits per heavy atom. The summed E-state index contributed by atoms with van der Waals surface area (Å²) in [4.78, 5) is 16.4. The Bertz CT molecular complexity index is 543. The summed E-state index contributed by atoms with van der Waals surface area (Å²) in [5, 5.41) is 10.9. The van der Waals surface area contributed by atoms with Gasteiger partial charge in [0.2, 0.25) is 0 Å². The van der Waals surface area contributed by atoms with Crippen LogP contribution in [0.3, 0.4) is 0 Å². The van der Waals surface area contributed by atoms with E-state index in [0.29, 0.717) is 12.2 Å². The third kappa shape index (κ3) is 2.63. The van der Waals surface area contributed by atoms with Crippen LogP contribution in [0.15, 0.2) is 48.8 Å². The van der Waals surface area contributed by atoms with E-state index in [-0.39, 0.29) is 10.6 Å². The first-order valence-electron chi connectivity index (χ1n) is 5.52. The van der Waals surface area contributed by atoms with Gasteiger partial charge in [0.05, 0.1) is 4.92 Å². The molecular weight excluding hydrogens is 230 g/mol. The zero-order chi connectivity index (χ0) is 13.0. The summed E-state index contributed by atoms with van der Waals surface area (Å²) < 4.78 is 0. The van der Waals surface area contributed by atoms with Gasteiger partial charge >= 0.3 is 0 Å². The lowest BCUT2D eigenvalue weighted by atomic mass is 10.2. The van der Waals surface area contributed by atoms with Gasteiger partial charge in [-0.3, -0.25) is 15.1 Å². The van der Waals surface area contributed by atoms with E-state index in [4.69, 9.17) is 0 Å². The van der Waals surface area contributed by atoms with Crippen LogP contribution in [0.2, 0.25) is 0 Å². The van der Waals surface area contributed by atoms with Gasteiger partial charge in [-0.05, 0) is 23.8 Å². The fraction of sp³-hybridized carbons (Fsp3) is 0.154. The summed E-state index contributed by atoms with van der Waals surface area (Å²) >= 11 is 0. The number of hydrogen-bond acceptors (Lipinski definition) is 4. The molecule has 1 heterocycles. The molecule has 92 valence electrons. The first kappa shape index (κ1) is 12.0. The van der Waals surface area contributed by atoms with Crippen LogP contribution < -0.4 is 4.90 Å². The van der Waals surface area contributed by atoms with E-state index in [2.05, 4.69) is 4.98 Å². The van der Waals surface area contributed by atoms with Crippen LogP contribution in [-0.4, -0.2) is 17.0 Å². The molecular formula is C13H13N3O2. The Hall–Kier alpha value is -2.43. The fourth-order valence-corrected chi connectivity index (χ4v) is 1.79. The highest BCUT2D eigenvalue weighted by Gasteiger charge is 2.15. The number of anilines is 1. The van der Waals surface area contributed by atoms with Crippen molar-refractivity contribution in [2.24, 2.45) is 0 Å². The van der Waals surface area contributed by atoms with Gasteiger partial charge in [0, 0.05) is 32.1 Å². The monoisotopic (exact) mass is 243 g/mol. The molecule has 0 saturated carbocycles. The zero-order valence-corrected chi connectivity index (χ0v) is 9.98. The van der Waals surface area contributed by atoms with E-state index in [1.165, 1.54) is 6.07 Å². The zero-order valence-electron chi connectivity index (χ0n) is 9.98. The van der Waals surface area contributed by atoms with Crippen molar-refractivity contribution in [1.29, 1.82) is 0 Å². The Balaban J connectivity index is 2.24. The Morgan fingerprint density at radius 1 is 1.22 bits per heavy atom. The van der Waals surface area contributed by atoms with Crippen molar-refractivity contribution in [3.8, 4) is 0 Å². The quantitative estimate of drug-likeness (QED) is 0.611. The van der Waals surface area contributed by atoms with Gasteiger partial charge in [-0.1, -0.05) is 12.1 Å². The van der Waals surface area contributed by atoms with E-state index >= 15 is 0 Å². The summed E-state index contributed by atoms with van der Waals surface area (Å²) in [6.07, 6.45) is 3.42. The van der Waals surface area contributed by atoms with Gasteiger partial charge in [-0.25, -0.2) is 0 Å². The molecule has 0 bridgehead atoms. The molecule has 0 fully saturated rings. The lowest BCUT2D eigenvalue weighted by Gasteiger charge is -2.18. The third-order valence-electron chi connectivity index (χ3n) is 2.66. The average Bonchev–Trinajstić information content (AvgIpc) is 2.40. The molecule has 0 N–H and O–H groups in total. The Kier molecular flexibility index (Phi) is 3.52. The molecule has 5 nitrogen and oxygen atoms in total. The van der Waals surface area contributed by atoms with Gasteiger partial charge in [0.1, 0.15) is 5.69 Å². The van der Waals surface area contributed by atoms with Crippen LogP contribution in [-0.2, 0) is 6.54 Å². The van der Waals surface area contributed by atoms with Crippen molar-refractivity contribution in [1.82, 2.24) is 4.98 Å². The number of hydrogen-bond donors (Lipinski definition) is 0. The van der Waals surface area contributed by atoms with E-state index in [1.807, 2.05) is 24.1 Å². The van der Waals surface area contributed by atoms with Crippen molar-refractivity contribution >= 4 is 11.4 Å². The molecule has 5 heteroatoms. The number of nitrogens with zero attached hydrogens (tertiary/aromatic N) is 3. The minimum absolute atomic E-state index is 0.119. The molecule has 0 spiro atoms. The summed E-state index contributed by atoms with van der Waals surface area (Å²) in [6, 6.07) is 10.5. The summed E-state index contributed by atoms with van der Waals surface area (Å²) in [5.41, 5.74) is 1.79. The minimum Gasteiger partial charge on any atom is -0.365 e. The van der Waals surface area contributed by atoms with Crippen molar-refractivity contribution in [2.75, 3.05) is 11.9 Å². The molecule has 0 aliphatic carbocycles. The fourth-order valence-electron chi connectivity index (χ4n) is 1.79. The molecule has 0 aliphatic rings. The van der Waals surface area contributed by atoms with Crippen molar-refractivity contribution in [3.63, 3.8) is 0 Å². The van der Waals surface area contributed by atoms with Gasteiger partial charge in [0.25, 0.3) is 5.69 Å². The Morgan fingerprint density at radius 2 is 1.89 bits per heavy atom. The molecule has 0 unspecified atom stereocenters. The molecule has 1 aromatic heterocycles. The van der Waals surface area contributed by atoms with Crippen molar-refractivity contribution in [3.05, 3.63) is 64.5 Å². The van der Waals surface area contributed by atoms with Crippen LogP contribution in [0.1, 0.15) is 5.56 Å². The predicted molar refractivity (Wildman–Crippen MR) is 69.4 cm³/mol. The minimum atomic E-state index is -0.363. The van der Waals surface area contributed by atoms with Gasteiger partial charge in [-0.15, -0.1) is 0 Å². The first-order valence-corrected chi connectivity index (χ1v) is 5.52. The standard InChI is InChI=1S/C13H13N3O2/c1-15(10-11-6-8-14-9-7-11)12-4-2-3-5-13(12)16(17)18/h2-9H,10H2,1H3. The normalized spacial score (nSPS) is 10.1. The molecule has 0 aliphatic heterocycles. The molecule has 1 aromatic carbocycles. The van der Waals surface area contributed by atoms with Crippen molar-refractivity contribution < 1.29 is 4.92 Å². The first-order chi connectivity index (χ1) is 8.68. The second kappa shape index (κ2) is 5.27. The average molecular weight is 243 g/mol. The number of rotatable bonds is 4. The molecule has 18 heavy (non-hydrogen) atoms. The van der Waals surface area contributed by atoms with Gasteiger partial charge in [-0.2, -0.15) is 0 Å². The van der Waals surface area contributed by atoms with E-state index in [9.17, 15) is 10.1 Å². The molecule has 0 radical (unpaired) electrons. The third-order valence-corrected chi connectivity index (χ3v) is 2.66. The molecule has 0 saturated heterocycles. The van der Waals surface area contributed by atoms with E-state index < -0.39 is 0 Å². The van der Waals surface area contributed by atoms with Gasteiger partial charge < -0.3 is 4.90 Å². The van der Waals surface area contributed by atoms with E-state index in [1.54, 1.807) is 30.6 Å². The highest BCUT2D eigenvalue weighted by atomic mass is 16.6. The molecule has 2 aromatic rings. The lowest BCUT2D eigenvalue weighted by molar-refractivity contribution is -0.384. The topological polar surface area (TPSA) is 59.3 Å². The van der Waals surface area contributed by atoms with Crippen LogP contribution in [0, 0.1) is 10.1 Å². The lowest BCUT2D eigenvalue weighted by Crippen LogP contribution is -2.17. The van der Waals surface area contributed by atoms with Crippen LogP contribution in [0.4, 0.5) is 11.4 Å². The van der Waals surface area contributed by atoms with E-state index in [0.717, 1.165) is 5.56 Å². The number of pyridine rings is 1. The highest BCUT2D eigenvalue weighted by Crippen LogP contribution is 2.27. The van der Waals surface area contributed by atoms with Crippen LogP contribution in [0.25, 0.3) is 0 Å². The van der Waals surface area contributed by atoms with Crippen molar-refractivity contribution in [2.45, 2.75) is 6.54 Å². The van der Waals surface area contributed by atoms with Crippen LogP contribution in [0.5, 0.6) is 0 Å². The second-order valence-electron chi connectivity index (χ2n) is 3.96. The predicted octanol–water partition coefficient (Wildman–Crippen LogP) is 2.63. The number of para-hydroxylation sites is 2. The number of nitro benzene ring substituents is 1.